The first-order valence-corrected chi connectivity index (χ1v) is 18.0. The lowest BCUT2D eigenvalue weighted by Gasteiger charge is -2.25. The highest BCUT2D eigenvalue weighted by Gasteiger charge is 2.33. The average molecular weight is 667 g/mol. The minimum atomic E-state index is -0.804. The third kappa shape index (κ3) is 12.8. The van der Waals surface area contributed by atoms with Crippen molar-refractivity contribution in [2.24, 2.45) is 11.8 Å². The summed E-state index contributed by atoms with van der Waals surface area (Å²) in [5.41, 5.74) is 11.2. The lowest BCUT2D eigenvalue weighted by Crippen LogP contribution is -2.51. The number of para-hydroxylation sites is 2. The highest BCUT2D eigenvalue weighted by molar-refractivity contribution is 5.99. The molecule has 0 radical (unpaired) electrons. The van der Waals surface area contributed by atoms with Gasteiger partial charge in [0, 0.05) is 0 Å². The van der Waals surface area contributed by atoms with E-state index >= 15 is 0 Å². The summed E-state index contributed by atoms with van der Waals surface area (Å²) in [5, 5.41) is 21.5. The number of phenolic OH excluding ortho intramolecular Hbond substituents is 2. The highest BCUT2D eigenvalue weighted by atomic mass is 16.3. The molecule has 2 aromatic carbocycles. The Morgan fingerprint density at radius 2 is 0.958 bits per heavy atom. The van der Waals surface area contributed by atoms with Crippen LogP contribution in [0.5, 0.6) is 11.5 Å². The molecular formula is C38H58N4O6. The summed E-state index contributed by atoms with van der Waals surface area (Å²) in [6, 6.07) is 9.98. The Labute approximate surface area is 286 Å². The number of hydrazine groups is 2. The van der Waals surface area contributed by atoms with Gasteiger partial charge in [-0.15, -0.1) is 0 Å². The summed E-state index contributed by atoms with van der Waals surface area (Å²) in [4.78, 5) is 52.8. The molecular weight excluding hydrogens is 608 g/mol. The second-order valence-corrected chi connectivity index (χ2v) is 12.6. The lowest BCUT2D eigenvalue weighted by molar-refractivity contribution is -0.136. The normalized spacial score (nSPS) is 12.2. The van der Waals surface area contributed by atoms with Crippen LogP contribution < -0.4 is 21.7 Å². The van der Waals surface area contributed by atoms with E-state index in [0.717, 1.165) is 70.6 Å². The number of nitrogens with one attached hydrogen (secondary N) is 4. The second kappa shape index (κ2) is 22.5. The fourth-order valence-corrected chi connectivity index (χ4v) is 5.95. The van der Waals surface area contributed by atoms with E-state index in [0.29, 0.717) is 43.2 Å². The smallest absolute Gasteiger partial charge is 0.273 e. The molecule has 2 rings (SSSR count). The van der Waals surface area contributed by atoms with E-state index in [4.69, 9.17) is 0 Å². The molecule has 0 fully saturated rings. The third-order valence-electron chi connectivity index (χ3n) is 8.89. The monoisotopic (exact) mass is 666 g/mol. The lowest BCUT2D eigenvalue weighted by atomic mass is 9.84. The molecule has 0 aliphatic rings. The van der Waals surface area contributed by atoms with Gasteiger partial charge in [0.1, 0.15) is 11.5 Å². The van der Waals surface area contributed by atoms with E-state index in [9.17, 15) is 29.4 Å². The van der Waals surface area contributed by atoms with E-state index in [1.165, 1.54) is 12.1 Å². The third-order valence-corrected chi connectivity index (χ3v) is 8.89. The Balaban J connectivity index is 2.09. The van der Waals surface area contributed by atoms with Crippen LogP contribution in [0.4, 0.5) is 0 Å². The fourth-order valence-electron chi connectivity index (χ4n) is 5.95. The second-order valence-electron chi connectivity index (χ2n) is 12.6. The standard InChI is InChI=1S/C38H58N4O6/c1-5-9-12-15-20-27-22-18-25-31(33(27)43)37(47)41-39-35(45)29(8-4)30(24-17-14-11-7-3)36(46)40-42-38(48)32-26-19-23-28(34(32)44)21-16-13-10-6-2/h18-19,22-23,25-26,29-30,43-44H,5-17,20-21,24H2,1-4H3,(H,39,45)(H,40,46)(H,41,47)(H,42,48). The molecule has 2 atom stereocenters. The van der Waals surface area contributed by atoms with Crippen molar-refractivity contribution in [2.45, 2.75) is 130 Å². The Hall–Kier alpha value is -4.08. The number of amides is 4. The Kier molecular flexibility index (Phi) is 18.8. The summed E-state index contributed by atoms with van der Waals surface area (Å²) in [6.45, 7) is 8.12. The van der Waals surface area contributed by atoms with Crippen molar-refractivity contribution in [3.63, 3.8) is 0 Å². The molecule has 6 N–H and O–H groups in total. The number of benzene rings is 2. The minimum Gasteiger partial charge on any atom is -0.507 e. The molecule has 48 heavy (non-hydrogen) atoms. The van der Waals surface area contributed by atoms with Crippen molar-refractivity contribution >= 4 is 23.6 Å². The van der Waals surface area contributed by atoms with Crippen LogP contribution in [0.3, 0.4) is 0 Å². The molecule has 0 saturated carbocycles. The molecule has 4 amide bonds. The molecule has 10 nitrogen and oxygen atoms in total. The minimum absolute atomic E-state index is 0.0567. The molecule has 0 spiro atoms. The van der Waals surface area contributed by atoms with Crippen molar-refractivity contribution in [3.05, 3.63) is 58.7 Å². The number of carbonyl (C=O) groups is 4. The van der Waals surface area contributed by atoms with Crippen molar-refractivity contribution in [1.82, 2.24) is 21.7 Å². The van der Waals surface area contributed by atoms with Gasteiger partial charge in [-0.25, -0.2) is 0 Å². The molecule has 0 saturated heterocycles. The highest BCUT2D eigenvalue weighted by Crippen LogP contribution is 2.27. The van der Waals surface area contributed by atoms with Crippen molar-refractivity contribution in [2.75, 3.05) is 0 Å². The van der Waals surface area contributed by atoms with E-state index < -0.39 is 35.5 Å². The number of carbonyl (C=O) groups excluding carboxylic acids is 4. The van der Waals surface area contributed by atoms with Crippen molar-refractivity contribution < 1.29 is 29.4 Å². The summed E-state index contributed by atoms with van der Waals surface area (Å²) in [7, 11) is 0. The molecule has 0 aliphatic carbocycles. The fraction of sp³-hybridized carbons (Fsp3) is 0.579. The largest absolute Gasteiger partial charge is 0.507 e. The van der Waals surface area contributed by atoms with Gasteiger partial charge in [0.05, 0.1) is 23.0 Å². The van der Waals surface area contributed by atoms with Crippen molar-refractivity contribution in [1.29, 1.82) is 0 Å². The Morgan fingerprint density at radius 3 is 1.38 bits per heavy atom. The average Bonchev–Trinajstić information content (AvgIpc) is 3.08. The van der Waals surface area contributed by atoms with E-state index in [2.05, 4.69) is 42.5 Å². The quantitative estimate of drug-likeness (QED) is 0.0612. The maximum Gasteiger partial charge on any atom is 0.273 e. The van der Waals surface area contributed by atoms with Crippen LogP contribution in [0.25, 0.3) is 0 Å². The first kappa shape index (κ1) is 40.1. The molecule has 0 heterocycles. The van der Waals surface area contributed by atoms with Crippen LogP contribution in [0, 0.1) is 11.8 Å². The molecule has 0 aromatic heterocycles. The molecule has 10 heteroatoms. The van der Waals surface area contributed by atoms with Gasteiger partial charge < -0.3 is 10.2 Å². The van der Waals surface area contributed by atoms with Crippen LogP contribution >= 0.6 is 0 Å². The van der Waals surface area contributed by atoms with Crippen LogP contribution in [0.15, 0.2) is 36.4 Å². The maximum atomic E-state index is 13.5. The number of hydrogen-bond acceptors (Lipinski definition) is 6. The van der Waals surface area contributed by atoms with Gasteiger partial charge in [-0.1, -0.05) is 116 Å². The number of unbranched alkanes of at least 4 members (excludes halogenated alkanes) is 9. The zero-order valence-corrected chi connectivity index (χ0v) is 29.5. The van der Waals surface area contributed by atoms with Crippen LogP contribution in [-0.4, -0.2) is 33.8 Å². The zero-order chi connectivity index (χ0) is 35.3. The van der Waals surface area contributed by atoms with Crippen LogP contribution in [0.1, 0.15) is 149 Å². The zero-order valence-electron chi connectivity index (χ0n) is 29.5. The predicted molar refractivity (Wildman–Crippen MR) is 189 cm³/mol. The van der Waals surface area contributed by atoms with E-state index in [1.807, 2.05) is 0 Å². The molecule has 0 aliphatic heterocycles. The molecule has 266 valence electrons. The van der Waals surface area contributed by atoms with Gasteiger partial charge in [-0.2, -0.15) is 0 Å². The van der Waals surface area contributed by atoms with Gasteiger partial charge in [-0.3, -0.25) is 40.9 Å². The Bertz CT molecular complexity index is 1310. The number of phenols is 2. The Morgan fingerprint density at radius 1 is 0.542 bits per heavy atom. The first-order chi connectivity index (χ1) is 23.2. The van der Waals surface area contributed by atoms with Crippen LogP contribution in [0.2, 0.25) is 0 Å². The number of aryl methyl sites for hydroxylation is 2. The maximum absolute atomic E-state index is 13.5. The summed E-state index contributed by atoms with van der Waals surface area (Å²) in [6.07, 6.45) is 13.8. The summed E-state index contributed by atoms with van der Waals surface area (Å²) in [5.74, 6) is -4.19. The van der Waals surface area contributed by atoms with Gasteiger partial charge in [0.2, 0.25) is 11.8 Å². The molecule has 2 aromatic rings. The van der Waals surface area contributed by atoms with Gasteiger partial charge >= 0.3 is 0 Å². The summed E-state index contributed by atoms with van der Waals surface area (Å²) < 4.78 is 0. The van der Waals surface area contributed by atoms with Gasteiger partial charge in [0.15, 0.2) is 0 Å². The van der Waals surface area contributed by atoms with E-state index in [-0.39, 0.29) is 22.6 Å². The predicted octanol–water partition coefficient (Wildman–Crippen LogP) is 7.18. The molecule has 2 unspecified atom stereocenters. The first-order valence-electron chi connectivity index (χ1n) is 18.0. The van der Waals surface area contributed by atoms with Crippen molar-refractivity contribution in [3.8, 4) is 11.5 Å². The number of rotatable bonds is 21. The van der Waals surface area contributed by atoms with Crippen LogP contribution in [-0.2, 0) is 22.4 Å². The topological polar surface area (TPSA) is 157 Å². The number of hydrogen-bond donors (Lipinski definition) is 6. The summed E-state index contributed by atoms with van der Waals surface area (Å²) >= 11 is 0. The van der Waals surface area contributed by atoms with Gasteiger partial charge in [-0.05, 0) is 61.8 Å². The van der Waals surface area contributed by atoms with E-state index in [1.54, 1.807) is 31.2 Å². The van der Waals surface area contributed by atoms with Gasteiger partial charge in [0.25, 0.3) is 11.8 Å². The molecule has 0 bridgehead atoms. The number of aromatic hydroxyl groups is 2. The SMILES string of the molecule is CCCCCCc1cccc(C(=O)NNC(=O)C(CC)C(CCCCCC)C(=O)NNC(=O)c2cccc(CCCCCC)c2O)c1O.